The van der Waals surface area contributed by atoms with Gasteiger partial charge in [-0.3, -0.25) is 4.79 Å². The van der Waals surface area contributed by atoms with Gasteiger partial charge < -0.3 is 9.55 Å². The van der Waals surface area contributed by atoms with E-state index >= 15 is 0 Å². The largest absolute Gasteiger partial charge is 0.329 e. The highest BCUT2D eigenvalue weighted by molar-refractivity contribution is 5.81. The van der Waals surface area contributed by atoms with Crippen LogP contribution in [-0.2, 0) is 7.05 Å². The van der Waals surface area contributed by atoms with Gasteiger partial charge in [0.25, 0.3) is 0 Å². The van der Waals surface area contributed by atoms with E-state index < -0.39 is 0 Å². The number of aromatic amines is 1. The van der Waals surface area contributed by atoms with Crippen LogP contribution in [0, 0.1) is 5.82 Å². The highest BCUT2D eigenvalue weighted by Crippen LogP contribution is 2.34. The zero-order chi connectivity index (χ0) is 18.1. The van der Waals surface area contributed by atoms with Gasteiger partial charge in [0, 0.05) is 36.0 Å². The second-order valence-electron chi connectivity index (χ2n) is 6.01. The molecule has 4 rings (SSSR count). The molecule has 1 N–H and O–H groups in total. The first-order chi connectivity index (χ1) is 12.6. The van der Waals surface area contributed by atoms with Crippen LogP contribution in [0.25, 0.3) is 33.9 Å². The molecule has 0 aliphatic heterocycles. The number of imidazole rings is 1. The molecule has 0 saturated carbocycles. The third-order valence-corrected chi connectivity index (χ3v) is 4.29. The van der Waals surface area contributed by atoms with Crippen molar-refractivity contribution in [1.29, 1.82) is 0 Å². The number of rotatable bonds is 3. The Balaban J connectivity index is 2.00. The molecule has 5 heteroatoms. The quantitative estimate of drug-likeness (QED) is 0.603. The lowest BCUT2D eigenvalue weighted by atomic mass is 10.1. The van der Waals surface area contributed by atoms with Crippen molar-refractivity contribution in [3.05, 3.63) is 89.1 Å². The number of hydrogen-bond acceptors (Lipinski definition) is 2. The maximum atomic E-state index is 13.4. The van der Waals surface area contributed by atoms with E-state index in [2.05, 4.69) is 4.98 Å². The van der Waals surface area contributed by atoms with E-state index in [0.717, 1.165) is 22.6 Å². The zero-order valence-corrected chi connectivity index (χ0v) is 14.1. The van der Waals surface area contributed by atoms with E-state index in [-0.39, 0.29) is 11.4 Å². The SMILES string of the molecule is Cn1c(-c2ccccc2)nc(-c2cc[nH]c(=O)c2)c1-c1ccc(F)cc1. The molecule has 4 nitrogen and oxygen atoms in total. The van der Waals surface area contributed by atoms with Gasteiger partial charge in [-0.15, -0.1) is 0 Å². The summed E-state index contributed by atoms with van der Waals surface area (Å²) in [7, 11) is 1.92. The highest BCUT2D eigenvalue weighted by atomic mass is 19.1. The van der Waals surface area contributed by atoms with E-state index in [0.29, 0.717) is 11.3 Å². The lowest BCUT2D eigenvalue weighted by Gasteiger charge is -2.08. The standard InChI is InChI=1S/C21H16FN3O/c1-25-20(14-7-9-17(22)10-8-14)19(16-11-12-23-18(26)13-16)24-21(25)15-5-3-2-4-6-15/h2-13H,1H3,(H,23,26). The molecule has 0 amide bonds. The molecule has 0 spiro atoms. The fourth-order valence-corrected chi connectivity index (χ4v) is 3.08. The van der Waals surface area contributed by atoms with Crippen molar-refractivity contribution < 1.29 is 4.39 Å². The van der Waals surface area contributed by atoms with Crippen LogP contribution in [0.2, 0.25) is 0 Å². The number of halogens is 1. The van der Waals surface area contributed by atoms with Crippen LogP contribution in [0.4, 0.5) is 4.39 Å². The smallest absolute Gasteiger partial charge is 0.248 e. The topological polar surface area (TPSA) is 50.7 Å². The number of nitrogens with one attached hydrogen (secondary N) is 1. The van der Waals surface area contributed by atoms with Crippen LogP contribution in [-0.4, -0.2) is 14.5 Å². The minimum Gasteiger partial charge on any atom is -0.329 e. The van der Waals surface area contributed by atoms with Crippen molar-refractivity contribution in [3.63, 3.8) is 0 Å². The number of nitrogens with zero attached hydrogens (tertiary/aromatic N) is 2. The summed E-state index contributed by atoms with van der Waals surface area (Å²) in [5, 5.41) is 0. The molecule has 0 aliphatic rings. The molecule has 26 heavy (non-hydrogen) atoms. The van der Waals surface area contributed by atoms with Crippen molar-refractivity contribution in [2.24, 2.45) is 7.05 Å². The summed E-state index contributed by atoms with van der Waals surface area (Å²) in [5.74, 6) is 0.483. The summed E-state index contributed by atoms with van der Waals surface area (Å²) in [6.45, 7) is 0. The Morgan fingerprint density at radius 3 is 2.35 bits per heavy atom. The van der Waals surface area contributed by atoms with E-state index in [1.165, 1.54) is 18.2 Å². The van der Waals surface area contributed by atoms with Gasteiger partial charge >= 0.3 is 0 Å². The van der Waals surface area contributed by atoms with Gasteiger partial charge in [0.1, 0.15) is 11.6 Å². The second kappa shape index (κ2) is 6.44. The Kier molecular flexibility index (Phi) is 3.97. The van der Waals surface area contributed by atoms with E-state index in [4.69, 9.17) is 4.98 Å². The summed E-state index contributed by atoms with van der Waals surface area (Å²) < 4.78 is 15.4. The molecule has 4 aromatic rings. The number of benzene rings is 2. The van der Waals surface area contributed by atoms with E-state index in [1.807, 2.05) is 48.0 Å². The van der Waals surface area contributed by atoms with Crippen LogP contribution in [0.3, 0.4) is 0 Å². The van der Waals surface area contributed by atoms with Gasteiger partial charge in [-0.05, 0) is 30.3 Å². The Morgan fingerprint density at radius 2 is 1.65 bits per heavy atom. The monoisotopic (exact) mass is 345 g/mol. The first-order valence-corrected chi connectivity index (χ1v) is 8.20. The lowest BCUT2D eigenvalue weighted by Crippen LogP contribution is -2.02. The molecule has 0 saturated heterocycles. The Morgan fingerprint density at radius 1 is 0.923 bits per heavy atom. The van der Waals surface area contributed by atoms with Crippen molar-refractivity contribution in [2.45, 2.75) is 0 Å². The molecular formula is C21H16FN3O. The Hall–Kier alpha value is -3.47. The normalized spacial score (nSPS) is 10.8. The number of pyridine rings is 1. The predicted molar refractivity (Wildman–Crippen MR) is 100 cm³/mol. The Labute approximate surface area is 149 Å². The van der Waals surface area contributed by atoms with Crippen LogP contribution >= 0.6 is 0 Å². The van der Waals surface area contributed by atoms with Crippen LogP contribution in [0.5, 0.6) is 0 Å². The third-order valence-electron chi connectivity index (χ3n) is 4.29. The maximum Gasteiger partial charge on any atom is 0.248 e. The predicted octanol–water partition coefficient (Wildman–Crippen LogP) is 4.25. The average Bonchev–Trinajstić information content (AvgIpc) is 3.00. The average molecular weight is 345 g/mol. The van der Waals surface area contributed by atoms with Crippen LogP contribution in [0.1, 0.15) is 0 Å². The van der Waals surface area contributed by atoms with Gasteiger partial charge in [-0.1, -0.05) is 30.3 Å². The highest BCUT2D eigenvalue weighted by Gasteiger charge is 2.19. The molecule has 128 valence electrons. The molecule has 0 radical (unpaired) electrons. The van der Waals surface area contributed by atoms with Crippen molar-refractivity contribution in [1.82, 2.24) is 14.5 Å². The molecule has 2 aromatic carbocycles. The van der Waals surface area contributed by atoms with Gasteiger partial charge in [-0.2, -0.15) is 0 Å². The fourth-order valence-electron chi connectivity index (χ4n) is 3.08. The number of aromatic nitrogens is 3. The van der Waals surface area contributed by atoms with Crippen molar-refractivity contribution in [3.8, 4) is 33.9 Å². The maximum absolute atomic E-state index is 13.4. The van der Waals surface area contributed by atoms with Crippen LogP contribution in [0.15, 0.2) is 77.7 Å². The summed E-state index contributed by atoms with van der Waals surface area (Å²) in [5.41, 5.74) is 3.83. The second-order valence-corrected chi connectivity index (χ2v) is 6.01. The molecule has 0 bridgehead atoms. The lowest BCUT2D eigenvalue weighted by molar-refractivity contribution is 0.628. The van der Waals surface area contributed by atoms with Gasteiger partial charge in [0.2, 0.25) is 5.56 Å². The van der Waals surface area contributed by atoms with Gasteiger partial charge in [0.05, 0.1) is 11.4 Å². The first-order valence-electron chi connectivity index (χ1n) is 8.20. The summed E-state index contributed by atoms with van der Waals surface area (Å²) in [4.78, 5) is 19.2. The van der Waals surface area contributed by atoms with Crippen molar-refractivity contribution >= 4 is 0 Å². The third kappa shape index (κ3) is 2.84. The molecule has 2 heterocycles. The molecular weight excluding hydrogens is 329 g/mol. The molecule has 0 unspecified atom stereocenters. The van der Waals surface area contributed by atoms with E-state index in [1.54, 1.807) is 18.3 Å². The molecule has 0 aliphatic carbocycles. The summed E-state index contributed by atoms with van der Waals surface area (Å²) in [6, 6.07) is 19.4. The minimum atomic E-state index is -0.295. The van der Waals surface area contributed by atoms with Crippen LogP contribution < -0.4 is 5.56 Å². The Bertz CT molecular complexity index is 1110. The summed E-state index contributed by atoms with van der Waals surface area (Å²) in [6.07, 6.45) is 1.60. The molecule has 0 fully saturated rings. The number of H-pyrrole nitrogens is 1. The fraction of sp³-hybridized carbons (Fsp3) is 0.0476. The molecule has 0 atom stereocenters. The number of hydrogen-bond donors (Lipinski definition) is 1. The van der Waals surface area contributed by atoms with Gasteiger partial charge in [-0.25, -0.2) is 9.37 Å². The minimum absolute atomic E-state index is 0.195. The van der Waals surface area contributed by atoms with Gasteiger partial charge in [0.15, 0.2) is 0 Å². The van der Waals surface area contributed by atoms with Crippen molar-refractivity contribution in [2.75, 3.05) is 0 Å². The first kappa shape index (κ1) is 16.0. The van der Waals surface area contributed by atoms with E-state index in [9.17, 15) is 9.18 Å². The zero-order valence-electron chi connectivity index (χ0n) is 14.1. The summed E-state index contributed by atoms with van der Waals surface area (Å²) >= 11 is 0. The molecule has 2 aromatic heterocycles.